The third-order valence-electron chi connectivity index (χ3n) is 5.91. The average Bonchev–Trinajstić information content (AvgIpc) is 3.12. The smallest absolute Gasteiger partial charge is 0.237 e. The number of aromatic nitrogens is 3. The van der Waals surface area contributed by atoms with E-state index in [2.05, 4.69) is 10.1 Å². The SMILES string of the molecule is Cc1cc(C2(C(N)=O)C=CC(C(N)=O)(c3ccc(Cl)c(-c4ccccn4)c3)C(Cl)=C2)n(C)n1. The number of carbonyl (C=O) groups is 2. The lowest BCUT2D eigenvalue weighted by Crippen LogP contribution is -2.47. The average molecular weight is 482 g/mol. The van der Waals surface area contributed by atoms with Crippen LogP contribution >= 0.6 is 23.2 Å². The van der Waals surface area contributed by atoms with Gasteiger partial charge in [-0.25, -0.2) is 0 Å². The van der Waals surface area contributed by atoms with E-state index in [9.17, 15) is 9.59 Å². The molecule has 0 saturated carbocycles. The molecule has 168 valence electrons. The number of primary amides is 2. The highest BCUT2D eigenvalue weighted by Gasteiger charge is 2.48. The Labute approximate surface area is 200 Å². The number of amides is 2. The van der Waals surface area contributed by atoms with Crippen molar-refractivity contribution in [2.45, 2.75) is 17.8 Å². The van der Waals surface area contributed by atoms with Crippen molar-refractivity contribution in [1.29, 1.82) is 0 Å². The summed E-state index contributed by atoms with van der Waals surface area (Å²) in [6, 6.07) is 12.2. The summed E-state index contributed by atoms with van der Waals surface area (Å²) >= 11 is 13.2. The van der Waals surface area contributed by atoms with E-state index in [-0.39, 0.29) is 5.03 Å². The molecule has 0 spiro atoms. The topological polar surface area (TPSA) is 117 Å². The standard InChI is InChI=1S/C24H21Cl2N5O2/c1-14-11-20(31(2)30-14)23(21(27)32)8-9-24(22(28)33,19(26)13-23)15-6-7-17(25)16(12-15)18-5-3-4-10-29-18/h3-13H,1-2H3,(H2,27,32)(H2,28,33). The van der Waals surface area contributed by atoms with Gasteiger partial charge in [-0.05, 0) is 48.9 Å². The van der Waals surface area contributed by atoms with E-state index in [1.54, 1.807) is 67.3 Å². The number of carbonyl (C=O) groups excluding carboxylic acids is 2. The van der Waals surface area contributed by atoms with Gasteiger partial charge in [0, 0.05) is 28.9 Å². The van der Waals surface area contributed by atoms with Crippen LogP contribution in [0.5, 0.6) is 0 Å². The number of nitrogens with zero attached hydrogens (tertiary/aromatic N) is 3. The first-order valence-electron chi connectivity index (χ1n) is 10.0. The van der Waals surface area contributed by atoms with Gasteiger partial charge in [-0.3, -0.25) is 19.3 Å². The van der Waals surface area contributed by atoms with Crippen LogP contribution in [0.15, 0.2) is 71.9 Å². The number of halogens is 2. The van der Waals surface area contributed by atoms with Crippen LogP contribution in [0.3, 0.4) is 0 Å². The molecule has 2 heterocycles. The maximum atomic E-state index is 12.9. The summed E-state index contributed by atoms with van der Waals surface area (Å²) in [7, 11) is 1.71. The summed E-state index contributed by atoms with van der Waals surface area (Å²) in [6.45, 7) is 1.80. The molecule has 0 fully saturated rings. The van der Waals surface area contributed by atoms with Gasteiger partial charge in [0.15, 0.2) is 0 Å². The number of benzene rings is 1. The van der Waals surface area contributed by atoms with E-state index in [0.29, 0.717) is 33.2 Å². The molecule has 9 heteroatoms. The summed E-state index contributed by atoms with van der Waals surface area (Å²) in [5, 5.41) is 4.81. The number of pyridine rings is 1. The molecule has 2 atom stereocenters. The minimum atomic E-state index is -1.53. The van der Waals surface area contributed by atoms with Crippen molar-refractivity contribution in [3.05, 3.63) is 93.9 Å². The highest BCUT2D eigenvalue weighted by atomic mass is 35.5. The third-order valence-corrected chi connectivity index (χ3v) is 6.65. The van der Waals surface area contributed by atoms with Crippen LogP contribution < -0.4 is 11.5 Å². The van der Waals surface area contributed by atoms with E-state index < -0.39 is 22.6 Å². The molecule has 1 aliphatic rings. The number of hydrogen-bond donors (Lipinski definition) is 2. The van der Waals surface area contributed by atoms with Gasteiger partial charge in [-0.15, -0.1) is 0 Å². The second-order valence-electron chi connectivity index (χ2n) is 7.94. The predicted octanol–water partition coefficient (Wildman–Crippen LogP) is 3.28. The first kappa shape index (κ1) is 22.8. The summed E-state index contributed by atoms with van der Waals surface area (Å²) < 4.78 is 1.56. The Hall–Kier alpha value is -3.42. The van der Waals surface area contributed by atoms with E-state index in [1.165, 1.54) is 12.2 Å². The van der Waals surface area contributed by atoms with Gasteiger partial charge in [-0.1, -0.05) is 47.5 Å². The van der Waals surface area contributed by atoms with Crippen molar-refractivity contribution in [2.75, 3.05) is 0 Å². The van der Waals surface area contributed by atoms with Crippen molar-refractivity contribution >= 4 is 35.0 Å². The molecular weight excluding hydrogens is 461 g/mol. The number of hydrogen-bond acceptors (Lipinski definition) is 4. The van der Waals surface area contributed by atoms with Gasteiger partial charge in [0.05, 0.1) is 17.1 Å². The summed E-state index contributed by atoms with van der Waals surface area (Å²) in [6.07, 6.45) is 6.19. The van der Waals surface area contributed by atoms with Crippen LogP contribution in [-0.2, 0) is 27.5 Å². The van der Waals surface area contributed by atoms with Gasteiger partial charge < -0.3 is 11.5 Å². The fourth-order valence-corrected chi connectivity index (χ4v) is 4.85. The summed E-state index contributed by atoms with van der Waals surface area (Å²) in [5.74, 6) is -1.38. The first-order valence-corrected chi connectivity index (χ1v) is 10.8. The molecule has 0 saturated heterocycles. The molecule has 4 rings (SSSR count). The Morgan fingerprint density at radius 3 is 2.33 bits per heavy atom. The monoisotopic (exact) mass is 481 g/mol. The van der Waals surface area contributed by atoms with Gasteiger partial charge >= 0.3 is 0 Å². The molecule has 7 nitrogen and oxygen atoms in total. The lowest BCUT2D eigenvalue weighted by atomic mass is 9.69. The minimum absolute atomic E-state index is 0.0458. The molecule has 2 aromatic heterocycles. The van der Waals surface area contributed by atoms with Crippen molar-refractivity contribution < 1.29 is 9.59 Å². The Morgan fingerprint density at radius 1 is 1.03 bits per heavy atom. The van der Waals surface area contributed by atoms with E-state index in [1.807, 2.05) is 6.07 Å². The second-order valence-corrected chi connectivity index (χ2v) is 8.75. The molecule has 0 radical (unpaired) electrons. The molecule has 0 bridgehead atoms. The Balaban J connectivity index is 1.92. The van der Waals surface area contributed by atoms with Gasteiger partial charge in [-0.2, -0.15) is 5.10 Å². The van der Waals surface area contributed by atoms with E-state index >= 15 is 0 Å². The quantitative estimate of drug-likeness (QED) is 0.543. The fourth-order valence-electron chi connectivity index (χ4n) is 4.20. The molecule has 0 aliphatic heterocycles. The number of rotatable bonds is 5. The molecule has 4 N–H and O–H groups in total. The van der Waals surface area contributed by atoms with Crippen LogP contribution in [-0.4, -0.2) is 26.6 Å². The van der Waals surface area contributed by atoms with E-state index in [4.69, 9.17) is 34.7 Å². The van der Waals surface area contributed by atoms with Crippen LogP contribution in [0.25, 0.3) is 11.3 Å². The fraction of sp³-hybridized carbons (Fsp3) is 0.167. The maximum absolute atomic E-state index is 12.9. The largest absolute Gasteiger partial charge is 0.368 e. The molecule has 1 aliphatic carbocycles. The van der Waals surface area contributed by atoms with Gasteiger partial charge in [0.1, 0.15) is 10.8 Å². The summed E-state index contributed by atoms with van der Waals surface area (Å²) in [5.41, 5.74) is 11.7. The van der Waals surface area contributed by atoms with Gasteiger partial charge in [0.2, 0.25) is 11.8 Å². The van der Waals surface area contributed by atoms with Crippen LogP contribution in [0, 0.1) is 6.92 Å². The zero-order chi connectivity index (χ0) is 24.0. The van der Waals surface area contributed by atoms with Crippen molar-refractivity contribution in [3.63, 3.8) is 0 Å². The van der Waals surface area contributed by atoms with Crippen molar-refractivity contribution in [1.82, 2.24) is 14.8 Å². The zero-order valence-corrected chi connectivity index (χ0v) is 19.4. The van der Waals surface area contributed by atoms with Crippen LogP contribution in [0.2, 0.25) is 5.02 Å². The molecule has 3 aromatic rings. The molecule has 1 aromatic carbocycles. The normalized spacial score (nSPS) is 22.1. The number of aryl methyl sites for hydroxylation is 2. The molecule has 2 amide bonds. The maximum Gasteiger partial charge on any atom is 0.237 e. The summed E-state index contributed by atoms with van der Waals surface area (Å²) in [4.78, 5) is 29.9. The second kappa shape index (κ2) is 8.17. The van der Waals surface area contributed by atoms with Crippen molar-refractivity contribution in [2.24, 2.45) is 18.5 Å². The van der Waals surface area contributed by atoms with Gasteiger partial charge in [0.25, 0.3) is 0 Å². The lowest BCUT2D eigenvalue weighted by Gasteiger charge is -2.36. The minimum Gasteiger partial charge on any atom is -0.368 e. The first-order chi connectivity index (χ1) is 15.6. The highest BCUT2D eigenvalue weighted by Crippen LogP contribution is 2.46. The zero-order valence-electron chi connectivity index (χ0n) is 17.9. The Bertz CT molecular complexity index is 1330. The Morgan fingerprint density at radius 2 is 1.79 bits per heavy atom. The predicted molar refractivity (Wildman–Crippen MR) is 127 cm³/mol. The van der Waals surface area contributed by atoms with Crippen molar-refractivity contribution in [3.8, 4) is 11.3 Å². The van der Waals surface area contributed by atoms with Crippen LogP contribution in [0.4, 0.5) is 0 Å². The molecule has 2 unspecified atom stereocenters. The Kier molecular flexibility index (Phi) is 5.64. The lowest BCUT2D eigenvalue weighted by molar-refractivity contribution is -0.122. The third kappa shape index (κ3) is 3.53. The van der Waals surface area contributed by atoms with Crippen LogP contribution in [0.1, 0.15) is 17.0 Å². The molecular formula is C24H21Cl2N5O2. The van der Waals surface area contributed by atoms with E-state index in [0.717, 1.165) is 0 Å². The molecule has 33 heavy (non-hydrogen) atoms. The highest BCUT2D eigenvalue weighted by molar-refractivity contribution is 6.35. The number of nitrogens with two attached hydrogens (primary N) is 2.